The summed E-state index contributed by atoms with van der Waals surface area (Å²) in [5.74, 6) is 0.174. The molecule has 0 unspecified atom stereocenters. The van der Waals surface area contributed by atoms with Gasteiger partial charge in [-0.3, -0.25) is 4.79 Å². The van der Waals surface area contributed by atoms with Crippen molar-refractivity contribution in [3.63, 3.8) is 0 Å². The maximum Gasteiger partial charge on any atom is 0.287 e. The van der Waals surface area contributed by atoms with Crippen LogP contribution in [0.3, 0.4) is 0 Å². The Labute approximate surface area is 144 Å². The Hall–Kier alpha value is -1.37. The molecule has 6 heteroatoms. The molecule has 2 aromatic rings. The summed E-state index contributed by atoms with van der Waals surface area (Å²) in [6.45, 7) is 6.31. The number of hydrogen-bond donors (Lipinski definition) is 1. The van der Waals surface area contributed by atoms with E-state index in [0.29, 0.717) is 12.4 Å². The fourth-order valence-electron chi connectivity index (χ4n) is 2.89. The Kier molecular flexibility index (Phi) is 4.75. The van der Waals surface area contributed by atoms with Gasteiger partial charge in [0.05, 0.1) is 18.8 Å². The summed E-state index contributed by atoms with van der Waals surface area (Å²) >= 11 is 3.45. The number of hydrogen-bond acceptors (Lipinski definition) is 4. The summed E-state index contributed by atoms with van der Waals surface area (Å²) in [4.78, 5) is 14.8. The average Bonchev–Trinajstić information content (AvgIpc) is 2.84. The van der Waals surface area contributed by atoms with Crippen LogP contribution in [-0.2, 0) is 4.74 Å². The van der Waals surface area contributed by atoms with Crippen molar-refractivity contribution < 1.29 is 13.9 Å². The molecular weight excluding hydrogens is 360 g/mol. The average molecular weight is 381 g/mol. The van der Waals surface area contributed by atoms with Crippen molar-refractivity contribution in [1.82, 2.24) is 10.2 Å². The van der Waals surface area contributed by atoms with Crippen molar-refractivity contribution >= 4 is 32.8 Å². The van der Waals surface area contributed by atoms with E-state index in [1.807, 2.05) is 32.0 Å². The maximum atomic E-state index is 12.6. The van der Waals surface area contributed by atoms with E-state index in [1.54, 1.807) is 0 Å². The number of morpholine rings is 1. The van der Waals surface area contributed by atoms with Gasteiger partial charge in [-0.2, -0.15) is 0 Å². The van der Waals surface area contributed by atoms with Crippen LogP contribution in [0.4, 0.5) is 0 Å². The molecule has 2 heterocycles. The SMILES string of the molecule is Cc1c(C(=O)N[C@@H](C)[C@@H]2CN(C)CCO2)oc2ccc(Br)cc12. The number of furan rings is 1. The number of aryl methyl sites for hydroxylation is 1. The zero-order chi connectivity index (χ0) is 16.6. The standard InChI is InChI=1S/C17H21BrN2O3/c1-10-13-8-12(18)4-5-14(13)23-16(10)17(21)19-11(2)15-9-20(3)6-7-22-15/h4-5,8,11,15H,6-7,9H2,1-3H3,(H,19,21)/t11-,15-/m0/s1. The lowest BCUT2D eigenvalue weighted by molar-refractivity contribution is -0.0343. The number of fused-ring (bicyclic) bond motifs is 1. The number of nitrogens with one attached hydrogen (secondary N) is 1. The monoisotopic (exact) mass is 380 g/mol. The molecule has 1 aliphatic heterocycles. The van der Waals surface area contributed by atoms with Crippen LogP contribution < -0.4 is 5.32 Å². The van der Waals surface area contributed by atoms with Crippen molar-refractivity contribution in [2.24, 2.45) is 0 Å². The third-order valence-electron chi connectivity index (χ3n) is 4.32. The first-order valence-corrected chi connectivity index (χ1v) is 8.54. The number of ether oxygens (including phenoxy) is 1. The number of halogens is 1. The molecular formula is C17H21BrN2O3. The molecule has 3 rings (SSSR count). The van der Waals surface area contributed by atoms with Gasteiger partial charge >= 0.3 is 0 Å². The Morgan fingerprint density at radius 1 is 1.48 bits per heavy atom. The van der Waals surface area contributed by atoms with Crippen LogP contribution >= 0.6 is 15.9 Å². The number of likely N-dealkylation sites (N-methyl/N-ethyl adjacent to an activating group) is 1. The first kappa shape index (κ1) is 16.5. The molecule has 2 atom stereocenters. The molecule has 0 spiro atoms. The summed E-state index contributed by atoms with van der Waals surface area (Å²) in [5, 5.41) is 3.96. The molecule has 1 saturated heterocycles. The third kappa shape index (κ3) is 3.44. The Morgan fingerprint density at radius 2 is 2.26 bits per heavy atom. The van der Waals surface area contributed by atoms with Gasteiger partial charge < -0.3 is 19.4 Å². The molecule has 0 bridgehead atoms. The van der Waals surface area contributed by atoms with Gasteiger partial charge in [0, 0.05) is 28.5 Å². The zero-order valence-corrected chi connectivity index (χ0v) is 15.1. The van der Waals surface area contributed by atoms with Crippen LogP contribution in [0.1, 0.15) is 23.0 Å². The second-order valence-corrected chi connectivity index (χ2v) is 7.05. The number of carbonyl (C=O) groups excluding carboxylic acids is 1. The lowest BCUT2D eigenvalue weighted by atomic mass is 10.1. The number of amides is 1. The van der Waals surface area contributed by atoms with E-state index < -0.39 is 0 Å². The van der Waals surface area contributed by atoms with E-state index in [-0.39, 0.29) is 18.1 Å². The van der Waals surface area contributed by atoms with Crippen LogP contribution in [0.25, 0.3) is 11.0 Å². The van der Waals surface area contributed by atoms with Crippen LogP contribution in [0.5, 0.6) is 0 Å². The summed E-state index contributed by atoms with van der Waals surface area (Å²) in [6.07, 6.45) is -0.00321. The molecule has 1 aromatic heterocycles. The molecule has 1 amide bonds. The minimum atomic E-state index is -0.195. The number of carbonyl (C=O) groups is 1. The molecule has 0 radical (unpaired) electrons. The van der Waals surface area contributed by atoms with Crippen molar-refractivity contribution in [3.8, 4) is 0 Å². The molecule has 1 N–H and O–H groups in total. The number of rotatable bonds is 3. The Morgan fingerprint density at radius 3 is 3.00 bits per heavy atom. The van der Waals surface area contributed by atoms with E-state index >= 15 is 0 Å². The third-order valence-corrected chi connectivity index (χ3v) is 4.81. The molecule has 1 aromatic carbocycles. The molecule has 0 aliphatic carbocycles. The highest BCUT2D eigenvalue weighted by atomic mass is 79.9. The van der Waals surface area contributed by atoms with Crippen LogP contribution in [0.15, 0.2) is 27.1 Å². The minimum absolute atomic E-state index is 0.00321. The molecule has 124 valence electrons. The fraction of sp³-hybridized carbons (Fsp3) is 0.471. The highest BCUT2D eigenvalue weighted by Crippen LogP contribution is 2.28. The molecule has 0 saturated carbocycles. The fourth-order valence-corrected chi connectivity index (χ4v) is 3.25. The highest BCUT2D eigenvalue weighted by Gasteiger charge is 2.27. The van der Waals surface area contributed by atoms with Gasteiger partial charge in [-0.1, -0.05) is 15.9 Å². The minimum Gasteiger partial charge on any atom is -0.451 e. The van der Waals surface area contributed by atoms with Gasteiger partial charge in [-0.25, -0.2) is 0 Å². The van der Waals surface area contributed by atoms with Crippen molar-refractivity contribution in [2.45, 2.75) is 26.0 Å². The largest absolute Gasteiger partial charge is 0.451 e. The number of nitrogens with zero attached hydrogens (tertiary/aromatic N) is 1. The zero-order valence-electron chi connectivity index (χ0n) is 13.6. The van der Waals surface area contributed by atoms with Crippen LogP contribution in [0.2, 0.25) is 0 Å². The first-order chi connectivity index (χ1) is 11.0. The maximum absolute atomic E-state index is 12.6. The summed E-state index contributed by atoms with van der Waals surface area (Å²) < 4.78 is 12.5. The molecule has 1 aliphatic rings. The normalized spacial score (nSPS) is 20.6. The Balaban J connectivity index is 1.76. The van der Waals surface area contributed by atoms with E-state index in [1.165, 1.54) is 0 Å². The molecule has 1 fully saturated rings. The van der Waals surface area contributed by atoms with Gasteiger partial charge in [0.15, 0.2) is 5.76 Å². The lowest BCUT2D eigenvalue weighted by Crippen LogP contribution is -2.51. The lowest BCUT2D eigenvalue weighted by Gasteiger charge is -2.33. The smallest absolute Gasteiger partial charge is 0.287 e. The van der Waals surface area contributed by atoms with Gasteiger partial charge in [0.1, 0.15) is 5.58 Å². The van der Waals surface area contributed by atoms with Crippen molar-refractivity contribution in [3.05, 3.63) is 34.0 Å². The van der Waals surface area contributed by atoms with Crippen molar-refractivity contribution in [2.75, 3.05) is 26.7 Å². The summed E-state index contributed by atoms with van der Waals surface area (Å²) in [7, 11) is 2.06. The summed E-state index contributed by atoms with van der Waals surface area (Å²) in [6, 6.07) is 5.66. The van der Waals surface area contributed by atoms with Crippen LogP contribution in [0, 0.1) is 6.92 Å². The van der Waals surface area contributed by atoms with E-state index in [0.717, 1.165) is 34.1 Å². The first-order valence-electron chi connectivity index (χ1n) is 7.75. The second-order valence-electron chi connectivity index (χ2n) is 6.13. The van der Waals surface area contributed by atoms with E-state index in [4.69, 9.17) is 9.15 Å². The second kappa shape index (κ2) is 6.63. The van der Waals surface area contributed by atoms with Gasteiger partial charge in [-0.05, 0) is 39.1 Å². The topological polar surface area (TPSA) is 54.7 Å². The van der Waals surface area contributed by atoms with E-state index in [2.05, 4.69) is 33.2 Å². The molecule has 5 nitrogen and oxygen atoms in total. The van der Waals surface area contributed by atoms with E-state index in [9.17, 15) is 4.79 Å². The number of benzene rings is 1. The van der Waals surface area contributed by atoms with Crippen LogP contribution in [-0.4, -0.2) is 49.7 Å². The molecule has 23 heavy (non-hydrogen) atoms. The van der Waals surface area contributed by atoms with Crippen molar-refractivity contribution in [1.29, 1.82) is 0 Å². The van der Waals surface area contributed by atoms with Gasteiger partial charge in [-0.15, -0.1) is 0 Å². The highest BCUT2D eigenvalue weighted by molar-refractivity contribution is 9.10. The predicted octanol–water partition coefficient (Wildman–Crippen LogP) is 2.95. The summed E-state index contributed by atoms with van der Waals surface area (Å²) in [5.41, 5.74) is 1.57. The van der Waals surface area contributed by atoms with Gasteiger partial charge in [0.25, 0.3) is 5.91 Å². The Bertz CT molecular complexity index is 728. The predicted molar refractivity (Wildman–Crippen MR) is 92.8 cm³/mol. The van der Waals surface area contributed by atoms with Gasteiger partial charge in [0.2, 0.25) is 0 Å². The quantitative estimate of drug-likeness (QED) is 0.889.